The summed E-state index contributed by atoms with van der Waals surface area (Å²) in [4.78, 5) is 4.19. The van der Waals surface area contributed by atoms with E-state index in [1.807, 2.05) is 6.92 Å². The largest absolute Gasteiger partial charge is 0.360 e. The smallest absolute Gasteiger partial charge is 0.213 e. The molecule has 0 aromatic carbocycles. The Morgan fingerprint density at radius 3 is 2.76 bits per heavy atom. The fraction of sp³-hybridized carbons (Fsp3) is 0.778. The summed E-state index contributed by atoms with van der Waals surface area (Å²) >= 11 is 1.33. The Kier molecular flexibility index (Phi) is 3.64. The maximum absolute atomic E-state index is 11.5. The van der Waals surface area contributed by atoms with E-state index in [0.29, 0.717) is 19.0 Å². The van der Waals surface area contributed by atoms with Crippen molar-refractivity contribution in [2.45, 2.75) is 13.8 Å². The second-order valence-corrected chi connectivity index (χ2v) is 7.12. The molecule has 1 saturated heterocycles. The minimum atomic E-state index is -2.99. The van der Waals surface area contributed by atoms with E-state index in [0.717, 1.165) is 17.5 Å². The van der Waals surface area contributed by atoms with Gasteiger partial charge in [-0.15, -0.1) is 0 Å². The van der Waals surface area contributed by atoms with Crippen LogP contribution in [0.2, 0.25) is 0 Å². The van der Waals surface area contributed by atoms with Gasteiger partial charge in [0.25, 0.3) is 0 Å². The van der Waals surface area contributed by atoms with E-state index in [2.05, 4.69) is 14.7 Å². The number of rotatable bonds is 5. The molecule has 17 heavy (non-hydrogen) atoms. The van der Waals surface area contributed by atoms with Crippen molar-refractivity contribution < 1.29 is 8.42 Å². The van der Waals surface area contributed by atoms with Gasteiger partial charge in [-0.25, -0.2) is 17.7 Å². The molecule has 1 aromatic heterocycles. The number of hydrogen-bond donors (Lipinski definition) is 1. The molecule has 96 valence electrons. The average Bonchev–Trinajstić information content (AvgIpc) is 2.61. The zero-order valence-electron chi connectivity index (χ0n) is 9.88. The number of nitrogens with one attached hydrogen (secondary N) is 1. The Bertz CT molecular complexity index is 479. The van der Waals surface area contributed by atoms with Gasteiger partial charge in [-0.3, -0.25) is 0 Å². The number of hydrogen-bond acceptors (Lipinski definition) is 6. The number of nitrogens with zero attached hydrogens (tertiary/aromatic N) is 3. The van der Waals surface area contributed by atoms with Crippen molar-refractivity contribution in [3.8, 4) is 0 Å². The number of sulfonamides is 1. The molecule has 1 N–H and O–H groups in total. The Morgan fingerprint density at radius 2 is 2.24 bits per heavy atom. The van der Waals surface area contributed by atoms with Crippen molar-refractivity contribution >= 4 is 26.7 Å². The first kappa shape index (κ1) is 12.7. The molecule has 0 unspecified atom stereocenters. The van der Waals surface area contributed by atoms with Crippen molar-refractivity contribution in [1.29, 1.82) is 0 Å². The summed E-state index contributed by atoms with van der Waals surface area (Å²) in [6.07, 6.45) is 0. The van der Waals surface area contributed by atoms with Gasteiger partial charge in [0, 0.05) is 37.1 Å². The van der Waals surface area contributed by atoms with E-state index >= 15 is 0 Å². The van der Waals surface area contributed by atoms with Crippen LogP contribution in [0, 0.1) is 12.8 Å². The van der Waals surface area contributed by atoms with Gasteiger partial charge >= 0.3 is 0 Å². The summed E-state index contributed by atoms with van der Waals surface area (Å²) in [5.74, 6) is 1.32. The second kappa shape index (κ2) is 4.87. The predicted octanol–water partition coefficient (Wildman–Crippen LogP) is 0.540. The van der Waals surface area contributed by atoms with Crippen LogP contribution < -0.4 is 5.32 Å². The first-order valence-corrected chi connectivity index (χ1v) is 7.91. The highest BCUT2D eigenvalue weighted by atomic mass is 32.2. The molecule has 1 fully saturated rings. The third-order valence-corrected chi connectivity index (χ3v) is 5.33. The molecule has 0 radical (unpaired) electrons. The summed E-state index contributed by atoms with van der Waals surface area (Å²) in [6.45, 7) is 5.50. The summed E-state index contributed by atoms with van der Waals surface area (Å²) in [5, 5.41) is 3.99. The lowest BCUT2D eigenvalue weighted by molar-refractivity contribution is 0.212. The molecule has 1 aliphatic heterocycles. The van der Waals surface area contributed by atoms with Crippen molar-refractivity contribution in [3.05, 3.63) is 5.82 Å². The molecular formula is C9H16N4O2S2. The van der Waals surface area contributed by atoms with E-state index < -0.39 is 10.0 Å². The minimum Gasteiger partial charge on any atom is -0.360 e. The van der Waals surface area contributed by atoms with Crippen molar-refractivity contribution in [3.63, 3.8) is 0 Å². The molecule has 8 heteroatoms. The third kappa shape index (κ3) is 2.93. The summed E-state index contributed by atoms with van der Waals surface area (Å²) in [6, 6.07) is 0. The molecule has 0 bridgehead atoms. The second-order valence-electron chi connectivity index (χ2n) is 4.11. The highest BCUT2D eigenvalue weighted by molar-refractivity contribution is 7.89. The van der Waals surface area contributed by atoms with Gasteiger partial charge in [0.15, 0.2) is 0 Å². The van der Waals surface area contributed by atoms with Gasteiger partial charge in [-0.2, -0.15) is 4.37 Å². The van der Waals surface area contributed by atoms with E-state index in [4.69, 9.17) is 0 Å². The average molecular weight is 276 g/mol. The number of anilines is 1. The predicted molar refractivity (Wildman–Crippen MR) is 67.7 cm³/mol. The standard InChI is InChI=1S/C9H16N4O2S2/c1-3-17(14,15)13-5-8(6-13)4-10-9-11-7(2)12-16-9/h8H,3-6H2,1-2H3,(H,10,11,12). The molecular weight excluding hydrogens is 260 g/mol. The van der Waals surface area contributed by atoms with E-state index in [1.165, 1.54) is 15.8 Å². The zero-order chi connectivity index (χ0) is 12.5. The third-order valence-electron chi connectivity index (χ3n) is 2.75. The molecule has 1 aliphatic rings. The van der Waals surface area contributed by atoms with E-state index in [1.54, 1.807) is 6.92 Å². The molecule has 0 amide bonds. The lowest BCUT2D eigenvalue weighted by atomic mass is 10.0. The zero-order valence-corrected chi connectivity index (χ0v) is 11.5. The molecule has 0 aliphatic carbocycles. The molecule has 6 nitrogen and oxygen atoms in total. The molecule has 0 atom stereocenters. The molecule has 2 rings (SSSR count). The normalized spacial score (nSPS) is 18.0. The van der Waals surface area contributed by atoms with Crippen LogP contribution in [-0.4, -0.2) is 47.5 Å². The van der Waals surface area contributed by atoms with Gasteiger partial charge in [0.05, 0.1) is 5.75 Å². The van der Waals surface area contributed by atoms with Gasteiger partial charge in [-0.1, -0.05) is 0 Å². The summed E-state index contributed by atoms with van der Waals surface area (Å²) < 4.78 is 28.6. The van der Waals surface area contributed by atoms with Gasteiger partial charge < -0.3 is 5.32 Å². The Morgan fingerprint density at radius 1 is 1.53 bits per heavy atom. The number of aryl methyl sites for hydroxylation is 1. The van der Waals surface area contributed by atoms with Crippen LogP contribution in [0.5, 0.6) is 0 Å². The lowest BCUT2D eigenvalue weighted by Gasteiger charge is -2.37. The lowest BCUT2D eigenvalue weighted by Crippen LogP contribution is -2.52. The maximum atomic E-state index is 11.5. The van der Waals surface area contributed by atoms with Crippen molar-refractivity contribution in [2.24, 2.45) is 5.92 Å². The SMILES string of the molecule is CCS(=O)(=O)N1CC(CNc2nc(C)ns2)C1. The van der Waals surface area contributed by atoms with Gasteiger partial charge in [0.2, 0.25) is 15.2 Å². The van der Waals surface area contributed by atoms with Gasteiger partial charge in [0.1, 0.15) is 5.82 Å². The highest BCUT2D eigenvalue weighted by Gasteiger charge is 2.34. The molecule has 1 aromatic rings. The molecule has 2 heterocycles. The van der Waals surface area contributed by atoms with Crippen molar-refractivity contribution in [1.82, 2.24) is 13.7 Å². The van der Waals surface area contributed by atoms with Crippen LogP contribution in [0.15, 0.2) is 0 Å². The van der Waals surface area contributed by atoms with Crippen molar-refractivity contribution in [2.75, 3.05) is 30.7 Å². The van der Waals surface area contributed by atoms with Crippen LogP contribution in [0.25, 0.3) is 0 Å². The monoisotopic (exact) mass is 276 g/mol. The quantitative estimate of drug-likeness (QED) is 0.849. The first-order valence-electron chi connectivity index (χ1n) is 5.53. The topological polar surface area (TPSA) is 75.2 Å². The fourth-order valence-corrected chi connectivity index (χ4v) is 3.48. The fourth-order valence-electron chi connectivity index (χ4n) is 1.66. The molecule has 0 spiro atoms. The van der Waals surface area contributed by atoms with E-state index in [9.17, 15) is 8.42 Å². The summed E-state index contributed by atoms with van der Waals surface area (Å²) in [5.41, 5.74) is 0. The van der Waals surface area contributed by atoms with Crippen LogP contribution >= 0.6 is 11.5 Å². The Balaban J connectivity index is 1.75. The molecule has 0 saturated carbocycles. The highest BCUT2D eigenvalue weighted by Crippen LogP contribution is 2.20. The van der Waals surface area contributed by atoms with Crippen LogP contribution in [0.3, 0.4) is 0 Å². The van der Waals surface area contributed by atoms with Crippen LogP contribution in [0.4, 0.5) is 5.13 Å². The minimum absolute atomic E-state index is 0.183. The summed E-state index contributed by atoms with van der Waals surface area (Å²) in [7, 11) is -2.99. The Labute approximate surface area is 105 Å². The Hall–Kier alpha value is -0.730. The maximum Gasteiger partial charge on any atom is 0.213 e. The van der Waals surface area contributed by atoms with Crippen LogP contribution in [0.1, 0.15) is 12.7 Å². The van der Waals surface area contributed by atoms with E-state index in [-0.39, 0.29) is 5.75 Å². The van der Waals surface area contributed by atoms with Gasteiger partial charge in [-0.05, 0) is 13.8 Å². The van der Waals surface area contributed by atoms with Crippen LogP contribution in [-0.2, 0) is 10.0 Å². The first-order chi connectivity index (χ1) is 8.01. The number of aromatic nitrogens is 2.